The van der Waals surface area contributed by atoms with Crippen molar-refractivity contribution in [3.8, 4) is 11.5 Å². The highest BCUT2D eigenvalue weighted by Crippen LogP contribution is 2.50. The van der Waals surface area contributed by atoms with Crippen molar-refractivity contribution in [1.82, 2.24) is 0 Å². The van der Waals surface area contributed by atoms with Crippen molar-refractivity contribution >= 4 is 10.8 Å². The first-order valence-electron chi connectivity index (χ1n) is 14.2. The Labute approximate surface area is 236 Å². The molecule has 9 heteroatoms. The number of unbranched alkanes of at least 4 members (excludes halogenated alkanes) is 6. The van der Waals surface area contributed by atoms with Crippen LogP contribution in [0.5, 0.6) is 11.5 Å². The lowest BCUT2D eigenvalue weighted by atomic mass is 9.60. The molecule has 0 aliphatic heterocycles. The maximum Gasteiger partial charge on any atom is 0.453 e. The van der Waals surface area contributed by atoms with Gasteiger partial charge in [-0.3, -0.25) is 4.21 Å². The van der Waals surface area contributed by atoms with E-state index in [0.717, 1.165) is 57.8 Å². The number of aryl methyl sites for hydroxylation is 1. The van der Waals surface area contributed by atoms with Crippen molar-refractivity contribution in [3.05, 3.63) is 59.2 Å². The molecule has 3 rings (SSSR count). The second kappa shape index (κ2) is 14.1. The number of alkyl halides is 5. The van der Waals surface area contributed by atoms with Crippen LogP contribution in [-0.2, 0) is 22.6 Å². The van der Waals surface area contributed by atoms with E-state index in [1.807, 2.05) is 18.2 Å². The van der Waals surface area contributed by atoms with Gasteiger partial charge in [0.05, 0.1) is 0 Å². The molecule has 0 saturated carbocycles. The molecule has 1 unspecified atom stereocenters. The van der Waals surface area contributed by atoms with Gasteiger partial charge in [-0.2, -0.15) is 22.0 Å². The average Bonchev–Trinajstić information content (AvgIpc) is 2.88. The topological polar surface area (TPSA) is 57.5 Å². The van der Waals surface area contributed by atoms with Crippen LogP contribution in [0.15, 0.2) is 42.5 Å². The smallest absolute Gasteiger partial charge is 0.453 e. The largest absolute Gasteiger partial charge is 0.508 e. The molecule has 0 aromatic heterocycles. The summed E-state index contributed by atoms with van der Waals surface area (Å²) in [6.45, 7) is 2.30. The van der Waals surface area contributed by atoms with Crippen LogP contribution in [0.1, 0.15) is 100 Å². The van der Waals surface area contributed by atoms with Gasteiger partial charge in [0.25, 0.3) is 0 Å². The number of hydrogen-bond acceptors (Lipinski definition) is 3. The number of aromatic hydroxyl groups is 2. The number of rotatable bonds is 15. The van der Waals surface area contributed by atoms with Gasteiger partial charge in [0.2, 0.25) is 0 Å². The zero-order valence-electron chi connectivity index (χ0n) is 23.1. The predicted octanol–water partition coefficient (Wildman–Crippen LogP) is 8.93. The van der Waals surface area contributed by atoms with Crippen molar-refractivity contribution in [2.45, 2.75) is 107 Å². The summed E-state index contributed by atoms with van der Waals surface area (Å²) in [4.78, 5) is 0. The van der Waals surface area contributed by atoms with Crippen molar-refractivity contribution in [2.24, 2.45) is 0 Å². The lowest BCUT2D eigenvalue weighted by Gasteiger charge is -2.43. The first kappa shape index (κ1) is 32.4. The van der Waals surface area contributed by atoms with Crippen LogP contribution < -0.4 is 0 Å². The van der Waals surface area contributed by atoms with Gasteiger partial charge in [0.1, 0.15) is 11.5 Å². The Kier molecular flexibility index (Phi) is 11.4. The van der Waals surface area contributed by atoms with E-state index in [4.69, 9.17) is 0 Å². The maximum atomic E-state index is 12.9. The lowest BCUT2D eigenvalue weighted by molar-refractivity contribution is -0.284. The molecule has 1 aliphatic rings. The molecule has 2 aromatic rings. The van der Waals surface area contributed by atoms with Gasteiger partial charge in [-0.25, -0.2) is 0 Å². The Bertz CT molecular complexity index is 1100. The highest BCUT2D eigenvalue weighted by atomic mass is 32.2. The molecule has 0 spiro atoms. The molecule has 3 atom stereocenters. The maximum absolute atomic E-state index is 12.9. The average molecular weight is 589 g/mol. The van der Waals surface area contributed by atoms with Gasteiger partial charge in [0.15, 0.2) is 0 Å². The molecule has 2 aromatic carbocycles. The number of benzene rings is 2. The Hall–Kier alpha value is -2.16. The molecule has 2 N–H and O–H groups in total. The van der Waals surface area contributed by atoms with Crippen LogP contribution in [-0.4, -0.2) is 38.0 Å². The third kappa shape index (κ3) is 8.67. The molecule has 0 amide bonds. The van der Waals surface area contributed by atoms with E-state index in [1.54, 1.807) is 18.2 Å². The van der Waals surface area contributed by atoms with Crippen LogP contribution in [0.2, 0.25) is 0 Å². The number of fused-ring (bicyclic) bond motifs is 1. The molecular formula is C31H41F5O3S. The predicted molar refractivity (Wildman–Crippen MR) is 150 cm³/mol. The summed E-state index contributed by atoms with van der Waals surface area (Å²) in [7, 11) is -1.37. The first-order valence-corrected chi connectivity index (χ1v) is 15.7. The Balaban J connectivity index is 1.38. The number of hydrogen-bond donors (Lipinski definition) is 2. The number of phenolic OH excluding ortho intramolecular Hbond substituents is 2. The van der Waals surface area contributed by atoms with E-state index >= 15 is 0 Å². The Morgan fingerprint density at radius 1 is 0.825 bits per heavy atom. The second-order valence-corrected chi connectivity index (χ2v) is 13.0. The van der Waals surface area contributed by atoms with E-state index in [1.165, 1.54) is 16.7 Å². The minimum Gasteiger partial charge on any atom is -0.508 e. The quantitative estimate of drug-likeness (QED) is 0.161. The molecule has 224 valence electrons. The molecule has 3 nitrogen and oxygen atoms in total. The van der Waals surface area contributed by atoms with Gasteiger partial charge in [0, 0.05) is 28.7 Å². The van der Waals surface area contributed by atoms with Crippen molar-refractivity contribution in [2.75, 3.05) is 11.5 Å². The van der Waals surface area contributed by atoms with Crippen LogP contribution in [0.25, 0.3) is 0 Å². The number of phenols is 2. The highest BCUT2D eigenvalue weighted by Gasteiger charge is 2.56. The normalized spacial score (nSPS) is 20.3. The standard InChI is InChI=1S/C31H41F5O3S/c1-29(24-11-13-25(37)14-12-24)19-17-23-22-26(38)15-16-27(23)28(29)10-7-5-3-2-4-6-8-20-40(39)21-9-18-30(32,33)31(34,35)36/h11-16,22,28,37-38H,2-10,17-21H2,1H3/t28-,29+,40?/m1/s1. The fourth-order valence-electron chi connectivity index (χ4n) is 5.92. The van der Waals surface area contributed by atoms with Crippen molar-refractivity contribution < 1.29 is 36.4 Å². The third-order valence-electron chi connectivity index (χ3n) is 8.35. The fraction of sp³-hybridized carbons (Fsp3) is 0.613. The highest BCUT2D eigenvalue weighted by molar-refractivity contribution is 7.84. The summed E-state index contributed by atoms with van der Waals surface area (Å²) in [5, 5.41) is 19.8. The SMILES string of the molecule is C[C@@]1(c2ccc(O)cc2)CCc2cc(O)ccc2[C@H]1CCCCCCCCCS(=O)CCCC(F)(F)C(F)(F)F. The summed E-state index contributed by atoms with van der Waals surface area (Å²) in [5.41, 5.74) is 3.62. The minimum atomic E-state index is -5.55. The first-order chi connectivity index (χ1) is 18.8. The second-order valence-electron chi connectivity index (χ2n) is 11.3. The van der Waals surface area contributed by atoms with Crippen LogP contribution in [0.4, 0.5) is 22.0 Å². The molecular weight excluding hydrogens is 547 g/mol. The molecule has 40 heavy (non-hydrogen) atoms. The van der Waals surface area contributed by atoms with Crippen LogP contribution in [0.3, 0.4) is 0 Å². The van der Waals surface area contributed by atoms with E-state index in [2.05, 4.69) is 13.0 Å². The van der Waals surface area contributed by atoms with Gasteiger partial charge < -0.3 is 10.2 Å². The van der Waals surface area contributed by atoms with Gasteiger partial charge >= 0.3 is 12.1 Å². The summed E-state index contributed by atoms with van der Waals surface area (Å²) in [6.07, 6.45) is 2.36. The zero-order chi connectivity index (χ0) is 29.4. The fourth-order valence-corrected chi connectivity index (χ4v) is 7.11. The van der Waals surface area contributed by atoms with Crippen molar-refractivity contribution in [3.63, 3.8) is 0 Å². The van der Waals surface area contributed by atoms with Crippen molar-refractivity contribution in [1.29, 1.82) is 0 Å². The van der Waals surface area contributed by atoms with E-state index in [-0.39, 0.29) is 22.7 Å². The molecule has 0 saturated heterocycles. The van der Waals surface area contributed by atoms with Gasteiger partial charge in [-0.15, -0.1) is 0 Å². The summed E-state index contributed by atoms with van der Waals surface area (Å²) >= 11 is 0. The molecule has 1 aliphatic carbocycles. The zero-order valence-corrected chi connectivity index (χ0v) is 23.9. The third-order valence-corrected chi connectivity index (χ3v) is 9.84. The minimum absolute atomic E-state index is 0.0734. The van der Waals surface area contributed by atoms with E-state index in [0.29, 0.717) is 18.1 Å². The molecule has 0 radical (unpaired) electrons. The molecule has 0 fully saturated rings. The summed E-state index contributed by atoms with van der Waals surface area (Å²) in [6, 6.07) is 13.2. The molecule has 0 heterocycles. The van der Waals surface area contributed by atoms with E-state index in [9.17, 15) is 36.4 Å². The summed E-state index contributed by atoms with van der Waals surface area (Å²) in [5.74, 6) is -3.67. The Morgan fingerprint density at radius 2 is 1.40 bits per heavy atom. The van der Waals surface area contributed by atoms with E-state index < -0.39 is 35.7 Å². The van der Waals surface area contributed by atoms with Gasteiger partial charge in [-0.1, -0.05) is 63.6 Å². The Morgan fingerprint density at radius 3 is 2.05 bits per heavy atom. The van der Waals surface area contributed by atoms with Gasteiger partial charge in [-0.05, 0) is 84.4 Å². The molecule has 0 bridgehead atoms. The summed E-state index contributed by atoms with van der Waals surface area (Å²) < 4.78 is 74.4. The monoisotopic (exact) mass is 588 g/mol. The lowest BCUT2D eigenvalue weighted by Crippen LogP contribution is -2.36. The number of halogens is 5. The van der Waals surface area contributed by atoms with Crippen LogP contribution >= 0.6 is 0 Å². The van der Waals surface area contributed by atoms with Crippen LogP contribution in [0, 0.1) is 0 Å².